The molecule has 2 atom stereocenters. The molecule has 0 radical (unpaired) electrons. The summed E-state index contributed by atoms with van der Waals surface area (Å²) in [5.74, 6) is 0. The van der Waals surface area contributed by atoms with E-state index in [-0.39, 0.29) is 0 Å². The van der Waals surface area contributed by atoms with Crippen LogP contribution in [0.15, 0.2) is 29.4 Å². The van der Waals surface area contributed by atoms with Crippen LogP contribution in [0.3, 0.4) is 0 Å². The van der Waals surface area contributed by atoms with Crippen LogP contribution in [-0.4, -0.2) is 26.8 Å². The van der Waals surface area contributed by atoms with Crippen LogP contribution in [0.25, 0.3) is 10.4 Å². The second-order valence-corrected chi connectivity index (χ2v) is 5.89. The summed E-state index contributed by atoms with van der Waals surface area (Å²) in [4.78, 5) is 2.76. The van der Waals surface area contributed by atoms with Crippen molar-refractivity contribution in [3.8, 4) is 0 Å². The third kappa shape index (κ3) is 3.01. The number of hydrogen-bond donors (Lipinski definition) is 0. The molecule has 0 amide bonds. The third-order valence-electron chi connectivity index (χ3n) is 2.90. The summed E-state index contributed by atoms with van der Waals surface area (Å²) in [6, 6.07) is 7.19. The lowest BCUT2D eigenvalue weighted by molar-refractivity contribution is 0.172. The first-order valence-electron chi connectivity index (χ1n) is 5.49. The summed E-state index contributed by atoms with van der Waals surface area (Å²) in [5, 5.41) is 3.64. The van der Waals surface area contributed by atoms with Crippen molar-refractivity contribution in [1.29, 1.82) is 0 Å². The lowest BCUT2D eigenvalue weighted by Crippen LogP contribution is -2.37. The summed E-state index contributed by atoms with van der Waals surface area (Å²) in [7, 11) is -3.56. The van der Waals surface area contributed by atoms with Crippen molar-refractivity contribution in [2.45, 2.75) is 25.0 Å². The largest absolute Gasteiger partial charge is 0.266 e. The van der Waals surface area contributed by atoms with E-state index in [1.165, 1.54) is 0 Å². The van der Waals surface area contributed by atoms with Crippen molar-refractivity contribution < 1.29 is 12.6 Å². The zero-order valence-corrected chi connectivity index (χ0v) is 10.7. The highest BCUT2D eigenvalue weighted by atomic mass is 32.2. The predicted octanol–water partition coefficient (Wildman–Crippen LogP) is 1.81. The maximum absolute atomic E-state index is 11.2. The minimum Gasteiger partial charge on any atom is -0.266 e. The van der Waals surface area contributed by atoms with Gasteiger partial charge in [-0.05, 0) is 23.1 Å². The van der Waals surface area contributed by atoms with Gasteiger partial charge in [-0.1, -0.05) is 29.4 Å². The van der Waals surface area contributed by atoms with E-state index in [2.05, 4.69) is 10.0 Å². The topological polar surface area (TPSA) is 92.1 Å². The first kappa shape index (κ1) is 12.9. The molecule has 7 heteroatoms. The van der Waals surface area contributed by atoms with E-state index in [1.54, 1.807) is 0 Å². The lowest BCUT2D eigenvalue weighted by atomic mass is 9.87. The Morgan fingerprint density at radius 1 is 1.33 bits per heavy atom. The molecule has 0 saturated carbocycles. The highest BCUT2D eigenvalue weighted by Crippen LogP contribution is 2.26. The van der Waals surface area contributed by atoms with Crippen molar-refractivity contribution in [3.05, 3.63) is 45.8 Å². The molecule has 0 bridgehead atoms. The average molecular weight is 267 g/mol. The van der Waals surface area contributed by atoms with Crippen molar-refractivity contribution in [1.82, 2.24) is 0 Å². The highest BCUT2D eigenvalue weighted by Gasteiger charge is 2.30. The number of benzene rings is 1. The van der Waals surface area contributed by atoms with E-state index in [1.807, 2.05) is 24.3 Å². The summed E-state index contributed by atoms with van der Waals surface area (Å²) in [6.07, 6.45) is 1.32. The number of nitrogens with zero attached hydrogens (tertiary/aromatic N) is 3. The van der Waals surface area contributed by atoms with Gasteiger partial charge in [0.2, 0.25) is 0 Å². The first-order chi connectivity index (χ1) is 8.49. The van der Waals surface area contributed by atoms with Crippen molar-refractivity contribution in [2.24, 2.45) is 5.11 Å². The zero-order chi connectivity index (χ0) is 13.2. The van der Waals surface area contributed by atoms with Crippen LogP contribution in [0.2, 0.25) is 0 Å². The van der Waals surface area contributed by atoms with Crippen LogP contribution in [0.5, 0.6) is 0 Å². The monoisotopic (exact) mass is 267 g/mol. The summed E-state index contributed by atoms with van der Waals surface area (Å²) in [5.41, 5.74) is 10.6. The Hall–Kier alpha value is -1.56. The SMILES string of the molecule is CS(=O)(=O)O[C@H]1Cc2ccccc2C[C@@H]1N=[N+]=[N-]. The molecule has 0 heterocycles. The fourth-order valence-corrected chi connectivity index (χ4v) is 2.81. The van der Waals surface area contributed by atoms with Gasteiger partial charge in [0, 0.05) is 11.3 Å². The van der Waals surface area contributed by atoms with Gasteiger partial charge in [0.1, 0.15) is 0 Å². The molecule has 0 saturated heterocycles. The fraction of sp³-hybridized carbons (Fsp3) is 0.455. The van der Waals surface area contributed by atoms with Gasteiger partial charge < -0.3 is 0 Å². The van der Waals surface area contributed by atoms with Gasteiger partial charge in [-0.2, -0.15) is 8.42 Å². The van der Waals surface area contributed by atoms with Gasteiger partial charge in [-0.3, -0.25) is 4.18 Å². The van der Waals surface area contributed by atoms with Crippen LogP contribution in [0.1, 0.15) is 11.1 Å². The fourth-order valence-electron chi connectivity index (χ4n) is 2.17. The lowest BCUT2D eigenvalue weighted by Gasteiger charge is -2.29. The second kappa shape index (κ2) is 4.97. The standard InChI is InChI=1S/C11H13N3O3S/c1-18(15,16)17-11-7-9-5-3-2-4-8(9)6-10(11)13-14-12/h2-5,10-11H,6-7H2,1H3/t10-,11-/m0/s1. The number of hydrogen-bond acceptors (Lipinski definition) is 4. The number of rotatable bonds is 3. The minimum absolute atomic E-state index is 0.437. The molecule has 0 N–H and O–H groups in total. The molecule has 6 nitrogen and oxygen atoms in total. The van der Waals surface area contributed by atoms with E-state index in [0.29, 0.717) is 12.8 Å². The second-order valence-electron chi connectivity index (χ2n) is 4.29. The molecule has 0 fully saturated rings. The molecule has 0 aliphatic heterocycles. The summed E-state index contributed by atoms with van der Waals surface area (Å²) in [6.45, 7) is 0. The van der Waals surface area contributed by atoms with E-state index in [9.17, 15) is 8.42 Å². The van der Waals surface area contributed by atoms with Gasteiger partial charge in [-0.15, -0.1) is 0 Å². The predicted molar refractivity (Wildman–Crippen MR) is 66.5 cm³/mol. The molecule has 96 valence electrons. The van der Waals surface area contributed by atoms with Crippen LogP contribution in [-0.2, 0) is 27.1 Å². The van der Waals surface area contributed by atoms with E-state index in [4.69, 9.17) is 9.71 Å². The smallest absolute Gasteiger partial charge is 0.264 e. The molecule has 1 aliphatic carbocycles. The maximum Gasteiger partial charge on any atom is 0.264 e. The summed E-state index contributed by atoms with van der Waals surface area (Å²) >= 11 is 0. The van der Waals surface area contributed by atoms with Crippen LogP contribution in [0.4, 0.5) is 0 Å². The molecule has 0 aromatic heterocycles. The number of azide groups is 1. The van der Waals surface area contributed by atoms with Gasteiger partial charge in [-0.25, -0.2) is 0 Å². The van der Waals surface area contributed by atoms with Crippen LogP contribution < -0.4 is 0 Å². The van der Waals surface area contributed by atoms with Crippen molar-refractivity contribution in [3.63, 3.8) is 0 Å². The Balaban J connectivity index is 2.31. The van der Waals surface area contributed by atoms with E-state index >= 15 is 0 Å². The average Bonchev–Trinajstić information content (AvgIpc) is 2.28. The zero-order valence-electron chi connectivity index (χ0n) is 9.85. The minimum atomic E-state index is -3.56. The van der Waals surface area contributed by atoms with E-state index < -0.39 is 22.3 Å². The summed E-state index contributed by atoms with van der Waals surface area (Å²) < 4.78 is 27.4. The molecular weight excluding hydrogens is 254 g/mol. The first-order valence-corrected chi connectivity index (χ1v) is 7.30. The van der Waals surface area contributed by atoms with Crippen molar-refractivity contribution >= 4 is 10.1 Å². The molecule has 1 aromatic carbocycles. The Bertz CT molecular complexity index is 593. The van der Waals surface area contributed by atoms with Gasteiger partial charge in [0.05, 0.1) is 18.4 Å². The Morgan fingerprint density at radius 3 is 2.50 bits per heavy atom. The molecule has 2 rings (SSSR count). The quantitative estimate of drug-likeness (QED) is 0.362. The van der Waals surface area contributed by atoms with Gasteiger partial charge >= 0.3 is 0 Å². The molecule has 1 aromatic rings. The van der Waals surface area contributed by atoms with Crippen molar-refractivity contribution in [2.75, 3.05) is 6.26 Å². The normalized spacial score (nSPS) is 22.9. The van der Waals surface area contributed by atoms with Gasteiger partial charge in [0.25, 0.3) is 10.1 Å². The molecule has 0 spiro atoms. The molecule has 1 aliphatic rings. The molecule has 18 heavy (non-hydrogen) atoms. The maximum atomic E-state index is 11.2. The van der Waals surface area contributed by atoms with E-state index in [0.717, 1.165) is 17.4 Å². The molecular formula is C11H13N3O3S. The van der Waals surface area contributed by atoms with Crippen LogP contribution >= 0.6 is 0 Å². The number of fused-ring (bicyclic) bond motifs is 1. The third-order valence-corrected chi connectivity index (χ3v) is 3.49. The highest BCUT2D eigenvalue weighted by molar-refractivity contribution is 7.86. The Labute approximate surface area is 105 Å². The Kier molecular flexibility index (Phi) is 3.56. The molecule has 0 unspecified atom stereocenters. The van der Waals surface area contributed by atoms with Crippen LogP contribution in [0, 0.1) is 0 Å². The van der Waals surface area contributed by atoms with Gasteiger partial charge in [0.15, 0.2) is 0 Å². The Morgan fingerprint density at radius 2 is 1.94 bits per heavy atom.